The van der Waals surface area contributed by atoms with Gasteiger partial charge in [0.2, 0.25) is 0 Å². The van der Waals surface area contributed by atoms with Gasteiger partial charge in [-0.25, -0.2) is 4.79 Å². The number of hydrogen-bond acceptors (Lipinski definition) is 4. The highest BCUT2D eigenvalue weighted by molar-refractivity contribution is 6.01. The van der Waals surface area contributed by atoms with Gasteiger partial charge in [-0.1, -0.05) is 12.7 Å². The van der Waals surface area contributed by atoms with Crippen LogP contribution in [0, 0.1) is 16.7 Å². The molecule has 11 heavy (non-hydrogen) atoms. The monoisotopic (exact) mass is 150 g/mol. The lowest BCUT2D eigenvalue weighted by Gasteiger charge is -1.95. The smallest absolute Gasteiger partial charge is 0.358 e. The third-order valence-electron chi connectivity index (χ3n) is 0.773. The predicted molar refractivity (Wildman–Crippen MR) is 38.0 cm³/mol. The molecule has 0 atom stereocenters. The molecule has 0 saturated heterocycles. The lowest BCUT2D eigenvalue weighted by Crippen LogP contribution is -2.06. The van der Waals surface area contributed by atoms with Gasteiger partial charge in [0.25, 0.3) is 0 Å². The second kappa shape index (κ2) is 4.98. The Kier molecular flexibility index (Phi) is 4.14. The summed E-state index contributed by atoms with van der Waals surface area (Å²) in [5.41, 5.74) is -0.438. The van der Waals surface area contributed by atoms with Crippen molar-refractivity contribution >= 4 is 11.8 Å². The van der Waals surface area contributed by atoms with Gasteiger partial charge in [-0.05, 0) is 0 Å². The molecule has 0 spiro atoms. The first-order valence-corrected chi connectivity index (χ1v) is 2.74. The van der Waals surface area contributed by atoms with E-state index in [1.165, 1.54) is 12.1 Å². The molecule has 0 rings (SSSR count). The number of ether oxygens (including phenoxy) is 1. The van der Waals surface area contributed by atoms with Gasteiger partial charge in [0.1, 0.15) is 12.7 Å². The minimum atomic E-state index is -0.845. The molecule has 0 aliphatic rings. The van der Waals surface area contributed by atoms with Crippen molar-refractivity contribution in [1.82, 2.24) is 0 Å². The normalized spacial score (nSPS) is 7.18. The molecule has 56 valence electrons. The fourth-order valence-corrected chi connectivity index (χ4v) is 0.331. The first kappa shape index (κ1) is 9.15. The molecule has 0 bridgehead atoms. The van der Waals surface area contributed by atoms with E-state index in [2.05, 4.69) is 11.3 Å². The minimum absolute atomic E-state index is 0.0334. The van der Waals surface area contributed by atoms with Gasteiger partial charge in [0.15, 0.2) is 5.57 Å². The van der Waals surface area contributed by atoms with Crippen LogP contribution in [0.15, 0.2) is 18.2 Å². The summed E-state index contributed by atoms with van der Waals surface area (Å²) in [5, 5.41) is 14.7. The number of rotatable bonds is 3. The van der Waals surface area contributed by atoms with E-state index in [1.54, 1.807) is 5.87 Å². The van der Waals surface area contributed by atoms with Crippen LogP contribution in [-0.4, -0.2) is 18.4 Å². The number of esters is 1. The Morgan fingerprint density at radius 1 is 1.82 bits per heavy atom. The lowest BCUT2D eigenvalue weighted by molar-refractivity contribution is -0.137. The fraction of sp³-hybridized carbons (Fsp3) is 0.143. The van der Waals surface area contributed by atoms with Crippen molar-refractivity contribution < 1.29 is 9.53 Å². The lowest BCUT2D eigenvalue weighted by atomic mass is 10.3. The number of carbonyl (C=O) groups is 1. The Balaban J connectivity index is 4.15. The Bertz CT molecular complexity index is 256. The van der Waals surface area contributed by atoms with Gasteiger partial charge < -0.3 is 4.74 Å². The summed E-state index contributed by atoms with van der Waals surface area (Å²) in [7, 11) is 0. The van der Waals surface area contributed by atoms with E-state index in [0.29, 0.717) is 0 Å². The number of nitrogens with one attached hydrogen (secondary N) is 1. The van der Waals surface area contributed by atoms with Crippen LogP contribution in [0.25, 0.3) is 0 Å². The standard InChI is InChI=1S/C7H6N2O2/c1-2-3-11-7(10)6(4-8)5-9/h2,8H,1,3H2. The van der Waals surface area contributed by atoms with Crippen molar-refractivity contribution in [3.63, 3.8) is 0 Å². The molecule has 0 aromatic heterocycles. The summed E-state index contributed by atoms with van der Waals surface area (Å²) in [5.74, 6) is 0.812. The molecule has 1 N–H and O–H groups in total. The van der Waals surface area contributed by atoms with Crippen molar-refractivity contribution in [2.45, 2.75) is 0 Å². The zero-order valence-electron chi connectivity index (χ0n) is 5.76. The number of hydrogen-bond donors (Lipinski definition) is 1. The van der Waals surface area contributed by atoms with Gasteiger partial charge in [-0.3, -0.25) is 5.41 Å². The van der Waals surface area contributed by atoms with Crippen LogP contribution in [0.4, 0.5) is 0 Å². The molecule has 4 nitrogen and oxygen atoms in total. The maximum atomic E-state index is 10.7. The maximum absolute atomic E-state index is 10.7. The van der Waals surface area contributed by atoms with E-state index < -0.39 is 11.5 Å². The summed E-state index contributed by atoms with van der Waals surface area (Å²) in [6.45, 7) is 3.34. The van der Waals surface area contributed by atoms with Gasteiger partial charge in [0, 0.05) is 5.87 Å². The van der Waals surface area contributed by atoms with Crippen LogP contribution in [0.3, 0.4) is 0 Å². The van der Waals surface area contributed by atoms with Crippen LogP contribution < -0.4 is 0 Å². The van der Waals surface area contributed by atoms with Crippen molar-refractivity contribution in [3.8, 4) is 6.07 Å². The van der Waals surface area contributed by atoms with Crippen LogP contribution in [0.2, 0.25) is 0 Å². The first-order valence-electron chi connectivity index (χ1n) is 2.74. The average Bonchev–Trinajstić information content (AvgIpc) is 2.03. The summed E-state index contributed by atoms with van der Waals surface area (Å²) in [4.78, 5) is 10.7. The van der Waals surface area contributed by atoms with Crippen LogP contribution in [0.1, 0.15) is 0 Å². The second-order valence-electron chi connectivity index (χ2n) is 1.50. The Morgan fingerprint density at radius 3 is 2.82 bits per heavy atom. The van der Waals surface area contributed by atoms with Gasteiger partial charge in [-0.15, -0.1) is 0 Å². The zero-order chi connectivity index (χ0) is 8.69. The van der Waals surface area contributed by atoms with Gasteiger partial charge in [0.05, 0.1) is 0 Å². The molecule has 4 heteroatoms. The van der Waals surface area contributed by atoms with Crippen molar-refractivity contribution in [2.24, 2.45) is 0 Å². The summed E-state index contributed by atoms with van der Waals surface area (Å²) >= 11 is 0. The van der Waals surface area contributed by atoms with E-state index in [-0.39, 0.29) is 6.61 Å². The molecule has 0 heterocycles. The molecule has 0 amide bonds. The fourth-order valence-electron chi connectivity index (χ4n) is 0.331. The first-order chi connectivity index (χ1) is 5.26. The SMILES string of the molecule is C=CCOC(=O)C(=C=N)C#N. The van der Waals surface area contributed by atoms with Crippen LogP contribution >= 0.6 is 0 Å². The molecule has 0 aliphatic carbocycles. The number of nitriles is 1. The summed E-state index contributed by atoms with van der Waals surface area (Å²) in [6.07, 6.45) is 1.37. The largest absolute Gasteiger partial charge is 0.457 e. The van der Waals surface area contributed by atoms with E-state index in [1.807, 2.05) is 0 Å². The minimum Gasteiger partial charge on any atom is -0.457 e. The van der Waals surface area contributed by atoms with Crippen LogP contribution in [-0.2, 0) is 9.53 Å². The summed E-state index contributed by atoms with van der Waals surface area (Å²) in [6, 6.07) is 1.47. The van der Waals surface area contributed by atoms with Crippen LogP contribution in [0.5, 0.6) is 0 Å². The van der Waals surface area contributed by atoms with Crippen molar-refractivity contribution in [2.75, 3.05) is 6.61 Å². The highest BCUT2D eigenvalue weighted by Crippen LogP contribution is 1.90. The molecule has 0 fully saturated rings. The highest BCUT2D eigenvalue weighted by Gasteiger charge is 2.08. The third kappa shape index (κ3) is 2.99. The van der Waals surface area contributed by atoms with E-state index in [0.717, 1.165) is 0 Å². The maximum Gasteiger partial charge on any atom is 0.358 e. The average molecular weight is 150 g/mol. The third-order valence-corrected chi connectivity index (χ3v) is 0.773. The molecule has 0 aromatic rings. The van der Waals surface area contributed by atoms with Gasteiger partial charge >= 0.3 is 5.97 Å². The molecule has 0 radical (unpaired) electrons. The second-order valence-corrected chi connectivity index (χ2v) is 1.50. The van der Waals surface area contributed by atoms with Crippen molar-refractivity contribution in [3.05, 3.63) is 18.2 Å². The number of nitrogens with zero attached hydrogens (tertiary/aromatic N) is 1. The summed E-state index contributed by atoms with van der Waals surface area (Å²) < 4.78 is 4.44. The van der Waals surface area contributed by atoms with E-state index in [4.69, 9.17) is 10.7 Å². The van der Waals surface area contributed by atoms with E-state index >= 15 is 0 Å². The highest BCUT2D eigenvalue weighted by atomic mass is 16.5. The molecule has 0 saturated carbocycles. The topological polar surface area (TPSA) is 73.9 Å². The van der Waals surface area contributed by atoms with Crippen molar-refractivity contribution in [1.29, 1.82) is 10.7 Å². The predicted octanol–water partition coefficient (Wildman–Crippen LogP) is 0.414. The quantitative estimate of drug-likeness (QED) is 0.208. The Labute approximate surface area is 63.9 Å². The molecule has 0 aromatic carbocycles. The Hall–Kier alpha value is -1.85. The molecule has 0 unspecified atom stereocenters. The molecular weight excluding hydrogens is 144 g/mol. The van der Waals surface area contributed by atoms with Gasteiger partial charge in [-0.2, -0.15) is 5.26 Å². The van der Waals surface area contributed by atoms with E-state index in [9.17, 15) is 4.79 Å². The molecule has 0 aliphatic heterocycles. The number of carbonyl (C=O) groups excluding carboxylic acids is 1. The molecular formula is C7H6N2O2. The Morgan fingerprint density at radius 2 is 2.45 bits per heavy atom. The zero-order valence-corrected chi connectivity index (χ0v) is 5.76.